The summed E-state index contributed by atoms with van der Waals surface area (Å²) in [7, 11) is 0. The van der Waals surface area contributed by atoms with E-state index in [9.17, 15) is 4.79 Å². The maximum Gasteiger partial charge on any atom is 0.186 e. The lowest BCUT2D eigenvalue weighted by molar-refractivity contribution is -0.139. The summed E-state index contributed by atoms with van der Waals surface area (Å²) in [5.41, 5.74) is 2.26. The van der Waals surface area contributed by atoms with E-state index in [1.54, 1.807) is 13.8 Å². The Morgan fingerprint density at radius 1 is 0.793 bits per heavy atom. The number of ether oxygens (including phenoxy) is 2. The van der Waals surface area contributed by atoms with Crippen LogP contribution in [0, 0.1) is 0 Å². The van der Waals surface area contributed by atoms with Gasteiger partial charge in [-0.3, -0.25) is 4.79 Å². The summed E-state index contributed by atoms with van der Waals surface area (Å²) < 4.78 is 11.8. The molecule has 3 heteroatoms. The van der Waals surface area contributed by atoms with Crippen LogP contribution >= 0.6 is 0 Å². The van der Waals surface area contributed by atoms with Crippen LogP contribution in [-0.2, 0) is 25.3 Å². The van der Waals surface area contributed by atoms with Crippen molar-refractivity contribution in [2.75, 3.05) is 13.2 Å². The minimum Gasteiger partial charge on any atom is -0.368 e. The third-order valence-corrected chi connectivity index (χ3v) is 5.59. The van der Waals surface area contributed by atoms with E-state index in [1.165, 1.54) is 17.2 Å². The average molecular weight is 395 g/mol. The van der Waals surface area contributed by atoms with Gasteiger partial charge in [-0.2, -0.15) is 0 Å². The number of carbonyl (C=O) groups is 1. The van der Waals surface area contributed by atoms with E-state index in [4.69, 9.17) is 9.47 Å². The van der Waals surface area contributed by atoms with E-state index in [0.29, 0.717) is 13.2 Å². The Morgan fingerprint density at radius 3 is 1.83 bits per heavy atom. The van der Waals surface area contributed by atoms with Gasteiger partial charge in [0, 0.05) is 5.41 Å². The summed E-state index contributed by atoms with van der Waals surface area (Å²) in [6.45, 7) is 16.3. The van der Waals surface area contributed by atoms with Crippen molar-refractivity contribution in [3.05, 3.63) is 83.9 Å². The number of hydrogen-bond acceptors (Lipinski definition) is 3. The molecule has 2 aromatic carbocycles. The molecule has 0 radical (unpaired) electrons. The van der Waals surface area contributed by atoms with Gasteiger partial charge >= 0.3 is 0 Å². The Kier molecular flexibility index (Phi) is 7.20. The maximum absolute atomic E-state index is 11.8. The molecule has 0 bridgehead atoms. The second-order valence-corrected chi connectivity index (χ2v) is 8.85. The highest BCUT2D eigenvalue weighted by Crippen LogP contribution is 2.33. The zero-order valence-corrected chi connectivity index (χ0v) is 18.6. The predicted molar refractivity (Wildman–Crippen MR) is 119 cm³/mol. The maximum atomic E-state index is 11.8. The van der Waals surface area contributed by atoms with Crippen LogP contribution in [0.25, 0.3) is 0 Å². The van der Waals surface area contributed by atoms with Crippen molar-refractivity contribution in [1.82, 2.24) is 0 Å². The fraction of sp³-hybridized carbons (Fsp3) is 0.423. The SMILES string of the molecule is C=CC(=O)C(C)(C)OCCOC(C)(C)c1ccc(C(C)(C)c2ccccc2)cc1. The second-order valence-electron chi connectivity index (χ2n) is 8.85. The number of benzene rings is 2. The summed E-state index contributed by atoms with van der Waals surface area (Å²) >= 11 is 0. The standard InChI is InChI=1S/C26H34O3/c1-8-23(27)26(6,7)29-19-18-28-25(4,5)22-16-14-21(15-17-22)24(2,3)20-12-10-9-11-13-20/h8-17H,1,18-19H2,2-7H3. The van der Waals surface area contributed by atoms with Gasteiger partial charge in [-0.05, 0) is 50.5 Å². The molecule has 0 spiro atoms. The third-order valence-electron chi connectivity index (χ3n) is 5.59. The molecule has 0 aliphatic rings. The molecule has 3 nitrogen and oxygen atoms in total. The second kappa shape index (κ2) is 9.06. The van der Waals surface area contributed by atoms with Crippen LogP contribution in [0.1, 0.15) is 58.2 Å². The van der Waals surface area contributed by atoms with Crippen LogP contribution in [0.2, 0.25) is 0 Å². The van der Waals surface area contributed by atoms with Gasteiger partial charge in [0.05, 0.1) is 18.8 Å². The first kappa shape index (κ1) is 23.1. The zero-order chi connectivity index (χ0) is 21.7. The normalized spacial score (nSPS) is 12.6. The van der Waals surface area contributed by atoms with Crippen LogP contribution in [0.15, 0.2) is 67.3 Å². The number of carbonyl (C=O) groups excluding carboxylic acids is 1. The van der Waals surface area contributed by atoms with Gasteiger partial charge in [-0.25, -0.2) is 0 Å². The molecule has 0 unspecified atom stereocenters. The Labute approximate surface area is 175 Å². The van der Waals surface area contributed by atoms with E-state index in [2.05, 4.69) is 69.0 Å². The molecule has 0 saturated carbocycles. The zero-order valence-electron chi connectivity index (χ0n) is 18.6. The first-order valence-corrected chi connectivity index (χ1v) is 10.1. The monoisotopic (exact) mass is 394 g/mol. The van der Waals surface area contributed by atoms with Gasteiger partial charge in [0.25, 0.3) is 0 Å². The molecule has 2 rings (SSSR count). The molecular weight excluding hydrogens is 360 g/mol. The molecule has 0 heterocycles. The quantitative estimate of drug-likeness (QED) is 0.376. The van der Waals surface area contributed by atoms with Crippen molar-refractivity contribution in [3.63, 3.8) is 0 Å². The van der Waals surface area contributed by atoms with Crippen molar-refractivity contribution in [1.29, 1.82) is 0 Å². The highest BCUT2D eigenvalue weighted by atomic mass is 16.5. The first-order valence-electron chi connectivity index (χ1n) is 10.1. The van der Waals surface area contributed by atoms with E-state index in [1.807, 2.05) is 19.9 Å². The molecular formula is C26H34O3. The summed E-state index contributed by atoms with van der Waals surface area (Å²) in [5.74, 6) is -0.131. The van der Waals surface area contributed by atoms with Gasteiger partial charge < -0.3 is 9.47 Å². The molecule has 156 valence electrons. The first-order chi connectivity index (χ1) is 13.5. The fourth-order valence-corrected chi connectivity index (χ4v) is 3.30. The Hall–Kier alpha value is -2.23. The molecule has 0 N–H and O–H groups in total. The third kappa shape index (κ3) is 5.65. The van der Waals surface area contributed by atoms with Crippen LogP contribution in [-0.4, -0.2) is 24.6 Å². The predicted octanol–water partition coefficient (Wildman–Crippen LogP) is 5.81. The van der Waals surface area contributed by atoms with E-state index >= 15 is 0 Å². The van der Waals surface area contributed by atoms with E-state index in [-0.39, 0.29) is 11.2 Å². The van der Waals surface area contributed by atoms with Gasteiger partial charge in [0.2, 0.25) is 0 Å². The van der Waals surface area contributed by atoms with Crippen LogP contribution in [0.5, 0.6) is 0 Å². The van der Waals surface area contributed by atoms with E-state index in [0.717, 1.165) is 5.56 Å². The van der Waals surface area contributed by atoms with Crippen molar-refractivity contribution in [2.24, 2.45) is 0 Å². The summed E-state index contributed by atoms with van der Waals surface area (Å²) in [4.78, 5) is 11.8. The van der Waals surface area contributed by atoms with Crippen molar-refractivity contribution < 1.29 is 14.3 Å². The lowest BCUT2D eigenvalue weighted by Gasteiger charge is -2.30. The summed E-state index contributed by atoms with van der Waals surface area (Å²) in [5, 5.41) is 0. The number of hydrogen-bond donors (Lipinski definition) is 0. The van der Waals surface area contributed by atoms with Gasteiger partial charge in [0.1, 0.15) is 5.60 Å². The average Bonchev–Trinajstić information content (AvgIpc) is 2.71. The largest absolute Gasteiger partial charge is 0.368 e. The minimum atomic E-state index is -0.875. The Bertz CT molecular complexity index is 815. The van der Waals surface area contributed by atoms with Crippen LogP contribution in [0.3, 0.4) is 0 Å². The summed E-state index contributed by atoms with van der Waals surface area (Å²) in [6.07, 6.45) is 1.29. The highest BCUT2D eigenvalue weighted by molar-refractivity contribution is 5.95. The molecule has 0 aliphatic heterocycles. The van der Waals surface area contributed by atoms with Crippen molar-refractivity contribution in [2.45, 2.75) is 58.2 Å². The molecule has 0 aliphatic carbocycles. The number of ketones is 1. The molecule has 0 fully saturated rings. The van der Waals surface area contributed by atoms with Gasteiger partial charge in [-0.1, -0.05) is 75.0 Å². The smallest absolute Gasteiger partial charge is 0.186 e. The topological polar surface area (TPSA) is 35.5 Å². The molecule has 0 amide bonds. The van der Waals surface area contributed by atoms with Crippen molar-refractivity contribution >= 4 is 5.78 Å². The fourth-order valence-electron chi connectivity index (χ4n) is 3.30. The molecule has 29 heavy (non-hydrogen) atoms. The van der Waals surface area contributed by atoms with Crippen molar-refractivity contribution in [3.8, 4) is 0 Å². The lowest BCUT2D eigenvalue weighted by atomic mass is 9.77. The number of rotatable bonds is 10. The Morgan fingerprint density at radius 2 is 1.28 bits per heavy atom. The summed E-state index contributed by atoms with van der Waals surface area (Å²) in [6, 6.07) is 19.1. The van der Waals surface area contributed by atoms with E-state index < -0.39 is 11.2 Å². The molecule has 2 aromatic rings. The minimum absolute atomic E-state index is 0.0676. The Balaban J connectivity index is 2.01. The van der Waals surface area contributed by atoms with Crippen LogP contribution in [0.4, 0.5) is 0 Å². The lowest BCUT2D eigenvalue weighted by Crippen LogP contribution is -2.35. The van der Waals surface area contributed by atoms with Crippen LogP contribution < -0.4 is 0 Å². The van der Waals surface area contributed by atoms with Gasteiger partial charge in [0.15, 0.2) is 5.78 Å². The molecule has 0 saturated heterocycles. The molecule has 0 atom stereocenters. The molecule has 0 aromatic heterocycles. The highest BCUT2D eigenvalue weighted by Gasteiger charge is 2.27. The van der Waals surface area contributed by atoms with Gasteiger partial charge in [-0.15, -0.1) is 0 Å².